The van der Waals surface area contributed by atoms with E-state index in [-0.39, 0.29) is 29.4 Å². The Morgan fingerprint density at radius 2 is 1.65 bits per heavy atom. The molecule has 2 aliphatic rings. The number of carbonyl (C=O) groups is 2. The van der Waals surface area contributed by atoms with Crippen molar-refractivity contribution >= 4 is 46.3 Å². The van der Waals surface area contributed by atoms with E-state index < -0.39 is 11.7 Å². The van der Waals surface area contributed by atoms with Gasteiger partial charge in [0.05, 0.1) is 23.8 Å². The van der Waals surface area contributed by atoms with Crippen LogP contribution in [-0.4, -0.2) is 49.5 Å². The molecule has 10 nitrogen and oxygen atoms in total. The summed E-state index contributed by atoms with van der Waals surface area (Å²) in [5.41, 5.74) is 2.05. The van der Waals surface area contributed by atoms with E-state index >= 15 is 0 Å². The third-order valence-corrected chi connectivity index (χ3v) is 7.39. The highest BCUT2D eigenvalue weighted by molar-refractivity contribution is 6.31. The number of halogens is 2. The molecule has 1 aromatic carbocycles. The highest BCUT2D eigenvalue weighted by atomic mass is 35.5. The number of carbonyl (C=O) groups excluding carboxylic acids is 2. The molecule has 0 saturated heterocycles. The third kappa shape index (κ3) is 5.84. The Morgan fingerprint density at radius 3 is 2.40 bits per heavy atom. The van der Waals surface area contributed by atoms with Gasteiger partial charge < -0.3 is 21.3 Å². The number of benzene rings is 1. The number of hydrogen-bond acceptors (Lipinski definition) is 7. The number of nitrogens with zero attached hydrogens (tertiary/aromatic N) is 4. The first-order chi connectivity index (χ1) is 19.4. The van der Waals surface area contributed by atoms with Crippen LogP contribution in [0.3, 0.4) is 0 Å². The highest BCUT2D eigenvalue weighted by Gasteiger charge is 2.26. The van der Waals surface area contributed by atoms with E-state index in [4.69, 9.17) is 11.6 Å². The first-order valence-electron chi connectivity index (χ1n) is 13.3. The monoisotopic (exact) mass is 562 g/mol. The summed E-state index contributed by atoms with van der Waals surface area (Å²) < 4.78 is 15.6. The van der Waals surface area contributed by atoms with Crippen LogP contribution in [0.1, 0.15) is 59.4 Å². The van der Waals surface area contributed by atoms with E-state index in [0.29, 0.717) is 28.1 Å². The summed E-state index contributed by atoms with van der Waals surface area (Å²) in [5.74, 6) is -0.686. The van der Waals surface area contributed by atoms with Crippen LogP contribution in [0.2, 0.25) is 5.02 Å². The summed E-state index contributed by atoms with van der Waals surface area (Å²) in [6.07, 6.45) is 9.32. The molecule has 2 fully saturated rings. The predicted molar refractivity (Wildman–Crippen MR) is 150 cm³/mol. The van der Waals surface area contributed by atoms with Crippen LogP contribution in [-0.2, 0) is 0 Å². The maximum Gasteiger partial charge on any atom is 0.276 e. The lowest BCUT2D eigenvalue weighted by atomic mass is 9.91. The maximum atomic E-state index is 14.1. The summed E-state index contributed by atoms with van der Waals surface area (Å²) in [5, 5.41) is 17.9. The van der Waals surface area contributed by atoms with E-state index in [2.05, 4.69) is 36.3 Å². The van der Waals surface area contributed by atoms with Crippen LogP contribution in [0.4, 0.5) is 21.6 Å². The van der Waals surface area contributed by atoms with Gasteiger partial charge in [-0.15, -0.1) is 5.10 Å². The maximum absolute atomic E-state index is 14.1. The van der Waals surface area contributed by atoms with Crippen molar-refractivity contribution in [2.24, 2.45) is 0 Å². The molecule has 4 aromatic rings. The Balaban J connectivity index is 1.16. The molecular formula is C28H28ClFN8O2. The highest BCUT2D eigenvalue weighted by Crippen LogP contribution is 2.30. The van der Waals surface area contributed by atoms with Gasteiger partial charge in [-0.3, -0.25) is 14.6 Å². The number of anilines is 3. The lowest BCUT2D eigenvalue weighted by molar-refractivity contribution is 0.0925. The molecule has 40 heavy (non-hydrogen) atoms. The zero-order valence-corrected chi connectivity index (χ0v) is 22.3. The third-order valence-electron chi connectivity index (χ3n) is 7.16. The average molecular weight is 563 g/mol. The molecule has 0 aliphatic heterocycles. The van der Waals surface area contributed by atoms with Crippen molar-refractivity contribution in [2.45, 2.75) is 56.7 Å². The summed E-state index contributed by atoms with van der Waals surface area (Å²) >= 11 is 6.02. The standard InChI is InChI=1S/C28H28ClFN8O2/c29-17-3-1-2-16(12-17)27(39)35-20-8-6-19(7-9-20)34-25-13-23(33-18-4-5-18)26-32-15-24(38(26)37-25)28(40)36-22-10-11-31-14-21(22)30/h1-3,10-15,18-20,33H,4-9H2,(H,34,37)(H,35,39)(H,31,36,40). The number of rotatable bonds is 8. The van der Waals surface area contributed by atoms with Gasteiger partial charge in [0.15, 0.2) is 17.2 Å². The van der Waals surface area contributed by atoms with Crippen molar-refractivity contribution in [1.82, 2.24) is 24.9 Å². The fourth-order valence-electron chi connectivity index (χ4n) is 4.90. The summed E-state index contributed by atoms with van der Waals surface area (Å²) in [4.78, 5) is 33.8. The summed E-state index contributed by atoms with van der Waals surface area (Å²) in [7, 11) is 0. The van der Waals surface area contributed by atoms with Gasteiger partial charge in [-0.05, 0) is 62.8 Å². The predicted octanol–water partition coefficient (Wildman–Crippen LogP) is 4.90. The number of hydrogen-bond donors (Lipinski definition) is 4. The minimum absolute atomic E-state index is 0.0276. The van der Waals surface area contributed by atoms with Crippen LogP contribution >= 0.6 is 11.6 Å². The molecule has 2 aliphatic carbocycles. The first-order valence-corrected chi connectivity index (χ1v) is 13.7. The quantitative estimate of drug-likeness (QED) is 0.241. The van der Waals surface area contributed by atoms with Crippen LogP contribution in [0.5, 0.6) is 0 Å². The number of amides is 2. The van der Waals surface area contributed by atoms with Crippen LogP contribution in [0.15, 0.2) is 55.0 Å². The Labute approximate surface area is 234 Å². The van der Waals surface area contributed by atoms with Crippen molar-refractivity contribution in [2.75, 3.05) is 16.0 Å². The van der Waals surface area contributed by atoms with Gasteiger partial charge in [0.1, 0.15) is 5.82 Å². The van der Waals surface area contributed by atoms with Gasteiger partial charge in [-0.2, -0.15) is 0 Å². The zero-order valence-electron chi connectivity index (χ0n) is 21.5. The SMILES string of the molecule is O=C(NC1CCC(Nc2cc(NC3CC3)c3ncc(C(=O)Nc4ccncc4F)n3n2)CC1)c1cccc(Cl)c1. The topological polar surface area (TPSA) is 125 Å². The molecule has 6 rings (SSSR count). The first kappa shape index (κ1) is 26.0. The number of imidazole rings is 1. The van der Waals surface area contributed by atoms with Crippen molar-refractivity contribution in [3.63, 3.8) is 0 Å². The molecule has 206 valence electrons. The van der Waals surface area contributed by atoms with Crippen LogP contribution in [0, 0.1) is 5.82 Å². The Kier molecular flexibility index (Phi) is 7.21. The van der Waals surface area contributed by atoms with E-state index in [9.17, 15) is 14.0 Å². The summed E-state index contributed by atoms with van der Waals surface area (Å²) in [6.45, 7) is 0. The van der Waals surface area contributed by atoms with Gasteiger partial charge in [0.2, 0.25) is 0 Å². The lowest BCUT2D eigenvalue weighted by Crippen LogP contribution is -2.40. The number of nitrogens with one attached hydrogen (secondary N) is 4. The fourth-order valence-corrected chi connectivity index (χ4v) is 5.09. The zero-order chi connectivity index (χ0) is 27.6. The lowest BCUT2D eigenvalue weighted by Gasteiger charge is -2.30. The largest absolute Gasteiger partial charge is 0.379 e. The Bertz CT molecular complexity index is 1570. The van der Waals surface area contributed by atoms with Gasteiger partial charge >= 0.3 is 0 Å². The van der Waals surface area contributed by atoms with Gasteiger partial charge in [0.25, 0.3) is 11.8 Å². The van der Waals surface area contributed by atoms with E-state index in [1.54, 1.807) is 24.3 Å². The van der Waals surface area contributed by atoms with E-state index in [1.807, 2.05) is 6.07 Å². The molecule has 0 atom stereocenters. The van der Waals surface area contributed by atoms with Crippen LogP contribution in [0.25, 0.3) is 5.65 Å². The second-order valence-electron chi connectivity index (χ2n) is 10.2. The van der Waals surface area contributed by atoms with Crippen molar-refractivity contribution in [3.05, 3.63) is 77.1 Å². The Morgan fingerprint density at radius 1 is 0.900 bits per heavy atom. The van der Waals surface area contributed by atoms with Gasteiger partial charge in [0, 0.05) is 41.0 Å². The molecule has 0 radical (unpaired) electrons. The van der Waals surface area contributed by atoms with Crippen molar-refractivity contribution in [3.8, 4) is 0 Å². The van der Waals surface area contributed by atoms with Crippen molar-refractivity contribution in [1.29, 1.82) is 0 Å². The minimum Gasteiger partial charge on any atom is -0.379 e. The summed E-state index contributed by atoms with van der Waals surface area (Å²) in [6, 6.07) is 10.8. The molecular weight excluding hydrogens is 535 g/mol. The fraction of sp³-hybridized carbons (Fsp3) is 0.321. The molecule has 4 N–H and O–H groups in total. The Hall–Kier alpha value is -4.25. The van der Waals surface area contributed by atoms with Crippen LogP contribution < -0.4 is 21.3 Å². The van der Waals surface area contributed by atoms with E-state index in [1.165, 1.54) is 23.0 Å². The normalized spacial score (nSPS) is 18.8. The molecule has 2 saturated carbocycles. The second kappa shape index (κ2) is 11.1. The molecule has 12 heteroatoms. The molecule has 0 spiro atoms. The van der Waals surface area contributed by atoms with Gasteiger partial charge in [-0.1, -0.05) is 17.7 Å². The molecule has 0 unspecified atom stereocenters. The number of fused-ring (bicyclic) bond motifs is 1. The molecule has 3 heterocycles. The average Bonchev–Trinajstić information content (AvgIpc) is 3.66. The number of pyridine rings is 1. The van der Waals surface area contributed by atoms with Gasteiger partial charge in [-0.25, -0.2) is 13.9 Å². The second-order valence-corrected chi connectivity index (χ2v) is 10.7. The van der Waals surface area contributed by atoms with Crippen molar-refractivity contribution < 1.29 is 14.0 Å². The number of aromatic nitrogens is 4. The molecule has 0 bridgehead atoms. The molecule has 3 aromatic heterocycles. The van der Waals surface area contributed by atoms with E-state index in [0.717, 1.165) is 50.4 Å². The smallest absolute Gasteiger partial charge is 0.276 e. The molecule has 2 amide bonds. The minimum atomic E-state index is -0.629.